The van der Waals surface area contributed by atoms with E-state index in [1.165, 1.54) is 16.7 Å². The highest BCUT2D eigenvalue weighted by molar-refractivity contribution is 8.00. The fourth-order valence-electron chi connectivity index (χ4n) is 1.53. The van der Waals surface area contributed by atoms with E-state index in [-0.39, 0.29) is 18.4 Å². The van der Waals surface area contributed by atoms with Crippen LogP contribution in [0.4, 0.5) is 0 Å². The van der Waals surface area contributed by atoms with Gasteiger partial charge in [-0.2, -0.15) is 0 Å². The maximum absolute atomic E-state index is 11.9. The van der Waals surface area contributed by atoms with Gasteiger partial charge in [-0.25, -0.2) is 0 Å². The highest BCUT2D eigenvalue weighted by Crippen LogP contribution is 2.30. The summed E-state index contributed by atoms with van der Waals surface area (Å²) >= 11 is 1.46. The predicted octanol–water partition coefficient (Wildman–Crippen LogP) is 0.525. The summed E-state index contributed by atoms with van der Waals surface area (Å²) in [6, 6.07) is 0. The van der Waals surface area contributed by atoms with Gasteiger partial charge in [0.15, 0.2) is 0 Å². The number of carbonyl (C=O) groups is 3. The average Bonchev–Trinajstić information content (AvgIpc) is 2.62. The van der Waals surface area contributed by atoms with Gasteiger partial charge in [-0.1, -0.05) is 0 Å². The van der Waals surface area contributed by atoms with Crippen molar-refractivity contribution in [1.82, 2.24) is 10.2 Å². The van der Waals surface area contributed by atoms with Gasteiger partial charge in [0.2, 0.25) is 11.8 Å². The van der Waals surface area contributed by atoms with E-state index in [1.807, 2.05) is 0 Å². The Morgan fingerprint density at radius 3 is 2.37 bits per heavy atom. The molecule has 1 aliphatic heterocycles. The van der Waals surface area contributed by atoms with E-state index in [0.717, 1.165) is 0 Å². The Balaban J connectivity index is 2.65. The minimum Gasteiger partial charge on any atom is -0.481 e. The summed E-state index contributed by atoms with van der Waals surface area (Å²) in [5, 5.41) is 11.9. The molecule has 0 aliphatic carbocycles. The molecule has 0 spiro atoms. The maximum Gasteiger partial charge on any atom is 0.311 e. The van der Waals surface area contributed by atoms with Crippen LogP contribution in [0.5, 0.6) is 0 Å². The number of aliphatic carboxylic acids is 1. The minimum atomic E-state index is -1.10. The molecule has 0 aromatic rings. The third kappa shape index (κ3) is 3.40. The van der Waals surface area contributed by atoms with Crippen molar-refractivity contribution in [3.05, 3.63) is 0 Å². The molecule has 0 aromatic carbocycles. The molecule has 0 bridgehead atoms. The van der Waals surface area contributed by atoms with E-state index in [4.69, 9.17) is 0 Å². The molecule has 2 N–H and O–H groups in total. The molecule has 1 fully saturated rings. The van der Waals surface area contributed by atoms with Crippen LogP contribution in [0.2, 0.25) is 0 Å². The molecule has 0 aromatic heterocycles. The lowest BCUT2D eigenvalue weighted by Gasteiger charge is -2.39. The third-order valence-electron chi connectivity index (χ3n) is 3.71. The molecule has 6 nitrogen and oxygen atoms in total. The minimum absolute atomic E-state index is 0.0229. The molecule has 0 unspecified atom stereocenters. The highest BCUT2D eigenvalue weighted by atomic mass is 32.2. The van der Waals surface area contributed by atoms with Gasteiger partial charge in [0.05, 0.1) is 22.6 Å². The zero-order valence-corrected chi connectivity index (χ0v) is 12.5. The quantitative estimate of drug-likeness (QED) is 0.770. The molecule has 19 heavy (non-hydrogen) atoms. The second-order valence-corrected chi connectivity index (χ2v) is 6.63. The monoisotopic (exact) mass is 288 g/mol. The Bertz CT molecular complexity index is 407. The van der Waals surface area contributed by atoms with Crippen LogP contribution >= 0.6 is 11.8 Å². The lowest BCUT2D eigenvalue weighted by molar-refractivity contribution is -0.152. The number of hydrogen-bond acceptors (Lipinski definition) is 4. The summed E-state index contributed by atoms with van der Waals surface area (Å²) in [6.07, 6.45) is 0. The number of carbonyl (C=O) groups excluding carboxylic acids is 2. The number of amides is 2. The van der Waals surface area contributed by atoms with Crippen molar-refractivity contribution in [2.24, 2.45) is 5.41 Å². The SMILES string of the molecule is CC(C)(NC(=O)CN1CSCC1=O)C(C)(C)C(=O)O. The van der Waals surface area contributed by atoms with Crippen LogP contribution in [0.15, 0.2) is 0 Å². The number of thioether (sulfide) groups is 1. The molecule has 1 aliphatic rings. The van der Waals surface area contributed by atoms with E-state index >= 15 is 0 Å². The van der Waals surface area contributed by atoms with Crippen LogP contribution in [0.1, 0.15) is 27.7 Å². The van der Waals surface area contributed by atoms with E-state index < -0.39 is 16.9 Å². The summed E-state index contributed by atoms with van der Waals surface area (Å²) in [5.41, 5.74) is -2.02. The Kier molecular flexibility index (Phi) is 4.50. The predicted molar refractivity (Wildman–Crippen MR) is 72.7 cm³/mol. The average molecular weight is 288 g/mol. The summed E-state index contributed by atoms with van der Waals surface area (Å²) in [6.45, 7) is 6.43. The third-order valence-corrected chi connectivity index (χ3v) is 4.65. The van der Waals surface area contributed by atoms with Gasteiger partial charge in [0, 0.05) is 0 Å². The van der Waals surface area contributed by atoms with Crippen LogP contribution < -0.4 is 5.32 Å². The number of nitrogens with zero attached hydrogens (tertiary/aromatic N) is 1. The molecule has 1 heterocycles. The second-order valence-electron chi connectivity index (χ2n) is 5.67. The van der Waals surface area contributed by atoms with Gasteiger partial charge in [0.25, 0.3) is 0 Å². The Hall–Kier alpha value is -1.24. The number of nitrogens with one attached hydrogen (secondary N) is 1. The lowest BCUT2D eigenvalue weighted by Crippen LogP contribution is -2.58. The number of rotatable bonds is 5. The van der Waals surface area contributed by atoms with Gasteiger partial charge >= 0.3 is 5.97 Å². The van der Waals surface area contributed by atoms with Crippen LogP contribution in [-0.4, -0.2) is 51.5 Å². The summed E-state index contributed by atoms with van der Waals surface area (Å²) in [5.74, 6) is -0.469. The van der Waals surface area contributed by atoms with Crippen LogP contribution in [0.3, 0.4) is 0 Å². The molecule has 0 atom stereocenters. The summed E-state index contributed by atoms with van der Waals surface area (Å²) in [7, 11) is 0. The molecular weight excluding hydrogens is 268 g/mol. The Labute approximate surface area is 116 Å². The van der Waals surface area contributed by atoms with E-state index in [1.54, 1.807) is 27.7 Å². The zero-order valence-electron chi connectivity index (χ0n) is 11.6. The van der Waals surface area contributed by atoms with Crippen molar-refractivity contribution in [2.45, 2.75) is 33.2 Å². The van der Waals surface area contributed by atoms with Crippen LogP contribution in [0, 0.1) is 5.41 Å². The van der Waals surface area contributed by atoms with Crippen molar-refractivity contribution in [3.63, 3.8) is 0 Å². The molecule has 108 valence electrons. The van der Waals surface area contributed by atoms with Crippen molar-refractivity contribution >= 4 is 29.5 Å². The highest BCUT2D eigenvalue weighted by Gasteiger charge is 2.44. The van der Waals surface area contributed by atoms with Gasteiger partial charge in [0.1, 0.15) is 6.54 Å². The van der Waals surface area contributed by atoms with Crippen molar-refractivity contribution in [3.8, 4) is 0 Å². The molecule has 0 saturated carbocycles. The standard InChI is InChI=1S/C12H20N2O4S/c1-11(2,10(17)18)12(3,4)13-8(15)5-14-7-19-6-9(14)16/h5-7H2,1-4H3,(H,13,15)(H,17,18). The first-order valence-electron chi connectivity index (χ1n) is 5.98. The van der Waals surface area contributed by atoms with Gasteiger partial charge in [-0.05, 0) is 27.7 Å². The molecule has 7 heteroatoms. The van der Waals surface area contributed by atoms with Crippen molar-refractivity contribution in [1.29, 1.82) is 0 Å². The smallest absolute Gasteiger partial charge is 0.311 e. The van der Waals surface area contributed by atoms with E-state index in [0.29, 0.717) is 11.6 Å². The fourth-order valence-corrected chi connectivity index (χ4v) is 2.43. The number of carboxylic acids is 1. The molecule has 1 rings (SSSR count). The van der Waals surface area contributed by atoms with E-state index in [2.05, 4.69) is 5.32 Å². The molecule has 0 radical (unpaired) electrons. The first-order valence-corrected chi connectivity index (χ1v) is 7.13. The van der Waals surface area contributed by atoms with Crippen LogP contribution in [0.25, 0.3) is 0 Å². The van der Waals surface area contributed by atoms with Crippen LogP contribution in [-0.2, 0) is 14.4 Å². The number of hydrogen-bond donors (Lipinski definition) is 2. The summed E-state index contributed by atoms with van der Waals surface area (Å²) < 4.78 is 0. The molecule has 2 amide bonds. The van der Waals surface area contributed by atoms with Gasteiger partial charge < -0.3 is 15.3 Å². The first kappa shape index (κ1) is 15.8. The zero-order chi connectivity index (χ0) is 14.8. The topological polar surface area (TPSA) is 86.7 Å². The molecular formula is C12H20N2O4S. The Morgan fingerprint density at radius 2 is 1.95 bits per heavy atom. The largest absolute Gasteiger partial charge is 0.481 e. The van der Waals surface area contributed by atoms with Gasteiger partial charge in [-0.3, -0.25) is 14.4 Å². The fraction of sp³-hybridized carbons (Fsp3) is 0.750. The Morgan fingerprint density at radius 1 is 1.37 bits per heavy atom. The number of carboxylic acid groups (broad SMARTS) is 1. The van der Waals surface area contributed by atoms with Crippen molar-refractivity contribution in [2.75, 3.05) is 18.2 Å². The van der Waals surface area contributed by atoms with Gasteiger partial charge in [-0.15, -0.1) is 11.8 Å². The second kappa shape index (κ2) is 5.40. The molecule has 1 saturated heterocycles. The normalized spacial score (nSPS) is 16.6. The first-order chi connectivity index (χ1) is 8.58. The van der Waals surface area contributed by atoms with E-state index in [9.17, 15) is 19.5 Å². The lowest BCUT2D eigenvalue weighted by atomic mass is 9.74. The summed E-state index contributed by atoms with van der Waals surface area (Å²) in [4.78, 5) is 36.0. The van der Waals surface area contributed by atoms with Crippen molar-refractivity contribution < 1.29 is 19.5 Å². The maximum atomic E-state index is 11.9.